The van der Waals surface area contributed by atoms with Gasteiger partial charge in [0.2, 0.25) is 0 Å². The largest absolute Gasteiger partial charge is 0.468 e. The van der Waals surface area contributed by atoms with Crippen LogP contribution in [0.1, 0.15) is 47.5 Å². The second-order valence-electron chi connectivity index (χ2n) is 7.87. The predicted octanol–water partition coefficient (Wildman–Crippen LogP) is 4.53. The molecule has 4 rings (SSSR count). The first kappa shape index (κ1) is 20.2. The summed E-state index contributed by atoms with van der Waals surface area (Å²) in [5, 5.41) is 6.65. The van der Waals surface area contributed by atoms with Crippen LogP contribution in [0.25, 0.3) is 0 Å². The number of rotatable bonds is 7. The lowest BCUT2D eigenvalue weighted by molar-refractivity contribution is 0.0940. The smallest absolute Gasteiger partial charge is 0.251 e. The summed E-state index contributed by atoms with van der Waals surface area (Å²) >= 11 is 0. The van der Waals surface area contributed by atoms with Crippen molar-refractivity contribution in [1.29, 1.82) is 0 Å². The monoisotopic (exact) mass is 403 g/mol. The van der Waals surface area contributed by atoms with Gasteiger partial charge in [-0.25, -0.2) is 0 Å². The zero-order chi connectivity index (χ0) is 20.8. The van der Waals surface area contributed by atoms with E-state index in [0.717, 1.165) is 43.8 Å². The number of furan rings is 1. The van der Waals surface area contributed by atoms with E-state index in [1.54, 1.807) is 6.26 Å². The lowest BCUT2D eigenvalue weighted by Crippen LogP contribution is -2.42. The van der Waals surface area contributed by atoms with Crippen molar-refractivity contribution in [2.45, 2.75) is 38.4 Å². The van der Waals surface area contributed by atoms with E-state index in [4.69, 9.17) is 4.42 Å². The van der Waals surface area contributed by atoms with Gasteiger partial charge >= 0.3 is 0 Å². The Bertz CT molecular complexity index is 915. The van der Waals surface area contributed by atoms with Crippen LogP contribution in [0.15, 0.2) is 77.4 Å². The van der Waals surface area contributed by atoms with E-state index in [9.17, 15) is 4.79 Å². The van der Waals surface area contributed by atoms with E-state index < -0.39 is 0 Å². The highest BCUT2D eigenvalue weighted by atomic mass is 16.3. The molecular weight excluding hydrogens is 374 g/mol. The van der Waals surface area contributed by atoms with E-state index in [0.29, 0.717) is 11.6 Å². The van der Waals surface area contributed by atoms with Crippen molar-refractivity contribution < 1.29 is 9.21 Å². The third-order valence-corrected chi connectivity index (χ3v) is 5.78. The fraction of sp³-hybridized carbons (Fsp3) is 0.320. The topological polar surface area (TPSA) is 57.5 Å². The third-order valence-electron chi connectivity index (χ3n) is 5.78. The van der Waals surface area contributed by atoms with Crippen LogP contribution in [-0.2, 0) is 6.54 Å². The number of carbonyl (C=O) groups is 1. The lowest BCUT2D eigenvalue weighted by Gasteiger charge is -2.34. The highest BCUT2D eigenvalue weighted by Gasteiger charge is 2.20. The number of nitrogens with one attached hydrogen (secondary N) is 2. The number of hydrogen-bond donors (Lipinski definition) is 2. The van der Waals surface area contributed by atoms with Crippen LogP contribution in [0, 0.1) is 0 Å². The molecule has 0 aliphatic carbocycles. The molecule has 2 aromatic carbocycles. The normalized spacial score (nSPS) is 15.7. The molecular formula is C25H29N3O2. The first-order chi connectivity index (χ1) is 14.7. The Labute approximate surface area is 178 Å². The number of carbonyl (C=O) groups excluding carboxylic acids is 1. The Balaban J connectivity index is 1.27. The summed E-state index contributed by atoms with van der Waals surface area (Å²) in [6, 6.07) is 22.4. The first-order valence-electron chi connectivity index (χ1n) is 10.7. The molecule has 1 aliphatic rings. The Morgan fingerprint density at radius 2 is 1.77 bits per heavy atom. The Hall–Kier alpha value is -3.05. The third kappa shape index (κ3) is 5.10. The molecule has 156 valence electrons. The van der Waals surface area contributed by atoms with Gasteiger partial charge in [-0.05, 0) is 61.7 Å². The predicted molar refractivity (Wildman–Crippen MR) is 120 cm³/mol. The molecule has 0 bridgehead atoms. The molecule has 0 radical (unpaired) electrons. The molecule has 0 spiro atoms. The molecule has 30 heavy (non-hydrogen) atoms. The van der Waals surface area contributed by atoms with Gasteiger partial charge in [0.15, 0.2) is 0 Å². The SMILES string of the molecule is C[C@@H](NC(=O)c1ccc(N2CCC(NCc3ccco3)CC2)cc1)c1ccccc1. The minimum atomic E-state index is -0.0428. The van der Waals surface area contributed by atoms with E-state index in [-0.39, 0.29) is 11.9 Å². The number of hydrogen-bond acceptors (Lipinski definition) is 4. The van der Waals surface area contributed by atoms with Crippen molar-refractivity contribution in [3.63, 3.8) is 0 Å². The minimum Gasteiger partial charge on any atom is -0.468 e. The fourth-order valence-electron chi connectivity index (χ4n) is 3.93. The van der Waals surface area contributed by atoms with E-state index in [1.807, 2.05) is 61.5 Å². The molecule has 5 nitrogen and oxygen atoms in total. The molecule has 1 fully saturated rings. The molecule has 1 aromatic heterocycles. The molecule has 3 aromatic rings. The summed E-state index contributed by atoms with van der Waals surface area (Å²) in [5.74, 6) is 0.937. The van der Waals surface area contributed by atoms with Crippen LogP contribution in [0.5, 0.6) is 0 Å². The molecule has 1 aliphatic heterocycles. The first-order valence-corrected chi connectivity index (χ1v) is 10.7. The Kier molecular flexibility index (Phi) is 6.50. The van der Waals surface area contributed by atoms with Gasteiger partial charge in [0.25, 0.3) is 5.91 Å². The standard InChI is InChI=1S/C25H29N3O2/c1-19(20-6-3-2-4-7-20)27-25(29)21-9-11-23(12-10-21)28-15-13-22(14-16-28)26-18-24-8-5-17-30-24/h2-12,17,19,22,26H,13-16,18H2,1H3,(H,27,29)/t19-/m1/s1. The maximum absolute atomic E-state index is 12.6. The van der Waals surface area contributed by atoms with Crippen molar-refractivity contribution in [1.82, 2.24) is 10.6 Å². The van der Waals surface area contributed by atoms with Crippen molar-refractivity contribution in [2.75, 3.05) is 18.0 Å². The van der Waals surface area contributed by atoms with Gasteiger partial charge in [0.05, 0.1) is 18.8 Å². The minimum absolute atomic E-state index is 0.0221. The summed E-state index contributed by atoms with van der Waals surface area (Å²) in [4.78, 5) is 15.0. The average molecular weight is 404 g/mol. The molecule has 0 unspecified atom stereocenters. The van der Waals surface area contributed by atoms with Gasteiger partial charge in [0, 0.05) is 30.4 Å². The second kappa shape index (κ2) is 9.63. The quantitative estimate of drug-likeness (QED) is 0.609. The number of benzene rings is 2. The number of nitrogens with zero attached hydrogens (tertiary/aromatic N) is 1. The average Bonchev–Trinajstić information content (AvgIpc) is 3.32. The van der Waals surface area contributed by atoms with Gasteiger partial charge in [-0.15, -0.1) is 0 Å². The van der Waals surface area contributed by atoms with Gasteiger partial charge in [-0.3, -0.25) is 4.79 Å². The summed E-state index contributed by atoms with van der Waals surface area (Å²) in [7, 11) is 0. The van der Waals surface area contributed by atoms with Crippen molar-refractivity contribution >= 4 is 11.6 Å². The van der Waals surface area contributed by atoms with Crippen LogP contribution >= 0.6 is 0 Å². The summed E-state index contributed by atoms with van der Waals surface area (Å²) in [6.07, 6.45) is 3.90. The van der Waals surface area contributed by atoms with Gasteiger partial charge in [0.1, 0.15) is 5.76 Å². The number of amides is 1. The van der Waals surface area contributed by atoms with E-state index in [2.05, 4.69) is 27.7 Å². The number of piperidine rings is 1. The number of anilines is 1. The Morgan fingerprint density at radius 1 is 1.03 bits per heavy atom. The molecule has 2 heterocycles. The summed E-state index contributed by atoms with van der Waals surface area (Å²) < 4.78 is 5.39. The van der Waals surface area contributed by atoms with Crippen molar-refractivity contribution in [3.8, 4) is 0 Å². The Morgan fingerprint density at radius 3 is 2.43 bits per heavy atom. The fourth-order valence-corrected chi connectivity index (χ4v) is 3.93. The van der Waals surface area contributed by atoms with Gasteiger partial charge < -0.3 is 20.0 Å². The van der Waals surface area contributed by atoms with Crippen LogP contribution < -0.4 is 15.5 Å². The van der Waals surface area contributed by atoms with Crippen LogP contribution in [0.4, 0.5) is 5.69 Å². The van der Waals surface area contributed by atoms with Crippen LogP contribution in [0.3, 0.4) is 0 Å². The molecule has 1 saturated heterocycles. The van der Waals surface area contributed by atoms with Crippen molar-refractivity contribution in [2.24, 2.45) is 0 Å². The summed E-state index contributed by atoms with van der Waals surface area (Å²) in [6.45, 7) is 4.80. The molecule has 1 amide bonds. The van der Waals surface area contributed by atoms with Crippen molar-refractivity contribution in [3.05, 3.63) is 89.9 Å². The van der Waals surface area contributed by atoms with E-state index in [1.165, 1.54) is 5.69 Å². The second-order valence-corrected chi connectivity index (χ2v) is 7.87. The highest BCUT2D eigenvalue weighted by Crippen LogP contribution is 2.21. The molecule has 0 saturated carbocycles. The zero-order valence-electron chi connectivity index (χ0n) is 17.4. The maximum Gasteiger partial charge on any atom is 0.251 e. The lowest BCUT2D eigenvalue weighted by atomic mass is 10.0. The maximum atomic E-state index is 12.6. The molecule has 1 atom stereocenters. The highest BCUT2D eigenvalue weighted by molar-refractivity contribution is 5.94. The van der Waals surface area contributed by atoms with Gasteiger partial charge in [-0.1, -0.05) is 30.3 Å². The van der Waals surface area contributed by atoms with Crippen LogP contribution in [0.2, 0.25) is 0 Å². The molecule has 2 N–H and O–H groups in total. The van der Waals surface area contributed by atoms with Crippen LogP contribution in [-0.4, -0.2) is 25.0 Å². The van der Waals surface area contributed by atoms with Gasteiger partial charge in [-0.2, -0.15) is 0 Å². The van der Waals surface area contributed by atoms with E-state index >= 15 is 0 Å². The zero-order valence-corrected chi connectivity index (χ0v) is 17.4. The summed E-state index contributed by atoms with van der Waals surface area (Å²) in [5.41, 5.74) is 2.97. The molecule has 5 heteroatoms.